The second kappa shape index (κ2) is 2.92. The molecule has 0 aliphatic heterocycles. The monoisotopic (exact) mass is 172 g/mol. The van der Waals surface area contributed by atoms with Gasteiger partial charge in [0.1, 0.15) is 5.75 Å². The van der Waals surface area contributed by atoms with Gasteiger partial charge in [0.05, 0.1) is 4.90 Å². The Labute approximate surface area is 66.2 Å². The third-order valence-electron chi connectivity index (χ3n) is 1.39. The van der Waals surface area contributed by atoms with Crippen molar-refractivity contribution in [3.63, 3.8) is 0 Å². The Morgan fingerprint density at radius 1 is 1.36 bits per heavy atom. The van der Waals surface area contributed by atoms with Crippen LogP contribution in [-0.4, -0.2) is 13.5 Å². The quantitative estimate of drug-likeness (QED) is 0.612. The lowest BCUT2D eigenvalue weighted by atomic mass is 10.2. The zero-order valence-electron chi connectivity index (χ0n) is 5.94. The van der Waals surface area contributed by atoms with Crippen LogP contribution in [0.5, 0.6) is 5.75 Å². The molecule has 0 radical (unpaired) electrons. The molecule has 60 valence electrons. The summed E-state index contributed by atoms with van der Waals surface area (Å²) in [6.45, 7) is 1.65. The summed E-state index contributed by atoms with van der Waals surface area (Å²) < 4.78 is 20.8. The van der Waals surface area contributed by atoms with Gasteiger partial charge < -0.3 is 5.11 Å². The number of thiol groups is 1. The van der Waals surface area contributed by atoms with E-state index in [1.54, 1.807) is 6.92 Å². The number of hydrogen-bond donors (Lipinski definition) is 2. The van der Waals surface area contributed by atoms with E-state index < -0.39 is 10.7 Å². The SMILES string of the molecule is Cc1cc([SH](=O)=O)ccc1O. The van der Waals surface area contributed by atoms with Crippen LogP contribution in [0.15, 0.2) is 23.1 Å². The highest BCUT2D eigenvalue weighted by atomic mass is 32.2. The molecule has 0 saturated carbocycles. The zero-order valence-corrected chi connectivity index (χ0v) is 6.84. The predicted molar refractivity (Wildman–Crippen MR) is 41.4 cm³/mol. The Morgan fingerprint density at radius 2 is 2.00 bits per heavy atom. The summed E-state index contributed by atoms with van der Waals surface area (Å²) in [5.41, 5.74) is 0.571. The van der Waals surface area contributed by atoms with Gasteiger partial charge in [0.2, 0.25) is 0 Å². The Bertz CT molecular complexity index is 334. The van der Waals surface area contributed by atoms with Crippen LogP contribution in [-0.2, 0) is 10.7 Å². The molecule has 1 N–H and O–H groups in total. The predicted octanol–water partition coefficient (Wildman–Crippen LogP) is 0.671. The van der Waals surface area contributed by atoms with E-state index in [4.69, 9.17) is 5.11 Å². The van der Waals surface area contributed by atoms with E-state index in [1.165, 1.54) is 18.2 Å². The zero-order chi connectivity index (χ0) is 8.43. The van der Waals surface area contributed by atoms with Gasteiger partial charge in [-0.2, -0.15) is 0 Å². The number of rotatable bonds is 1. The molecule has 0 amide bonds. The van der Waals surface area contributed by atoms with Gasteiger partial charge in [0.25, 0.3) is 0 Å². The first-order chi connectivity index (χ1) is 5.11. The van der Waals surface area contributed by atoms with Gasteiger partial charge in [-0.1, -0.05) is 0 Å². The normalized spacial score (nSPS) is 10.4. The summed E-state index contributed by atoms with van der Waals surface area (Å²) in [7, 11) is -2.54. The fourth-order valence-corrected chi connectivity index (χ4v) is 1.25. The summed E-state index contributed by atoms with van der Waals surface area (Å²) in [6, 6.07) is 4.17. The summed E-state index contributed by atoms with van der Waals surface area (Å²) in [4.78, 5) is 0.232. The Hall–Kier alpha value is -1.03. The van der Waals surface area contributed by atoms with Crippen molar-refractivity contribution in [1.82, 2.24) is 0 Å². The van der Waals surface area contributed by atoms with Gasteiger partial charge in [-0.3, -0.25) is 0 Å². The van der Waals surface area contributed by atoms with Gasteiger partial charge in [-0.25, -0.2) is 8.42 Å². The highest BCUT2D eigenvalue weighted by Crippen LogP contribution is 2.17. The number of hydrogen-bond acceptors (Lipinski definition) is 3. The van der Waals surface area contributed by atoms with Gasteiger partial charge in [0.15, 0.2) is 10.7 Å². The number of aromatic hydroxyl groups is 1. The van der Waals surface area contributed by atoms with Crippen molar-refractivity contribution in [2.75, 3.05) is 0 Å². The van der Waals surface area contributed by atoms with Crippen molar-refractivity contribution in [1.29, 1.82) is 0 Å². The largest absolute Gasteiger partial charge is 0.508 e. The lowest BCUT2D eigenvalue weighted by molar-refractivity contribution is 0.470. The summed E-state index contributed by atoms with van der Waals surface area (Å²) in [6.07, 6.45) is 0. The molecule has 0 unspecified atom stereocenters. The fourth-order valence-electron chi connectivity index (χ4n) is 0.753. The third kappa shape index (κ3) is 1.71. The van der Waals surface area contributed by atoms with Gasteiger partial charge in [-0.15, -0.1) is 0 Å². The number of phenols is 1. The number of aryl methyl sites for hydroxylation is 1. The van der Waals surface area contributed by atoms with Crippen LogP contribution in [0.25, 0.3) is 0 Å². The van der Waals surface area contributed by atoms with Crippen molar-refractivity contribution >= 4 is 10.7 Å². The van der Waals surface area contributed by atoms with E-state index in [2.05, 4.69) is 0 Å². The first-order valence-electron chi connectivity index (χ1n) is 3.05. The maximum absolute atomic E-state index is 10.4. The minimum Gasteiger partial charge on any atom is -0.508 e. The van der Waals surface area contributed by atoms with Crippen LogP contribution < -0.4 is 0 Å². The van der Waals surface area contributed by atoms with Gasteiger partial charge in [-0.05, 0) is 30.7 Å². The standard InChI is InChI=1S/C7H8O3S/c1-5-4-6(11(9)10)2-3-7(5)8/h2-4,8,11H,1H3. The van der Waals surface area contributed by atoms with E-state index >= 15 is 0 Å². The van der Waals surface area contributed by atoms with E-state index in [9.17, 15) is 8.42 Å². The fraction of sp³-hybridized carbons (Fsp3) is 0.143. The smallest absolute Gasteiger partial charge is 0.168 e. The van der Waals surface area contributed by atoms with Crippen molar-refractivity contribution < 1.29 is 13.5 Å². The van der Waals surface area contributed by atoms with Gasteiger partial charge >= 0.3 is 0 Å². The topological polar surface area (TPSA) is 54.4 Å². The van der Waals surface area contributed by atoms with Crippen LogP contribution in [0.2, 0.25) is 0 Å². The Kier molecular flexibility index (Phi) is 2.14. The van der Waals surface area contributed by atoms with Crippen LogP contribution in [0.1, 0.15) is 5.56 Å². The van der Waals surface area contributed by atoms with Crippen molar-refractivity contribution in [3.8, 4) is 5.75 Å². The Balaban J connectivity index is 3.26. The van der Waals surface area contributed by atoms with E-state index in [0.29, 0.717) is 5.56 Å². The molecule has 0 atom stereocenters. The summed E-state index contributed by atoms with van der Waals surface area (Å²) >= 11 is 0. The van der Waals surface area contributed by atoms with Crippen molar-refractivity contribution in [3.05, 3.63) is 23.8 Å². The highest BCUT2D eigenvalue weighted by Gasteiger charge is 1.98. The minimum absolute atomic E-state index is 0.116. The summed E-state index contributed by atoms with van der Waals surface area (Å²) in [5.74, 6) is 0.116. The lowest BCUT2D eigenvalue weighted by Crippen LogP contribution is -1.81. The van der Waals surface area contributed by atoms with Crippen molar-refractivity contribution in [2.45, 2.75) is 11.8 Å². The number of benzene rings is 1. The first-order valence-corrected chi connectivity index (χ1v) is 4.23. The molecule has 0 bridgehead atoms. The molecule has 0 fully saturated rings. The maximum Gasteiger partial charge on any atom is 0.168 e. The molecule has 4 heteroatoms. The Morgan fingerprint density at radius 3 is 2.45 bits per heavy atom. The van der Waals surface area contributed by atoms with E-state index in [1.807, 2.05) is 0 Å². The molecule has 3 nitrogen and oxygen atoms in total. The van der Waals surface area contributed by atoms with Gasteiger partial charge in [0, 0.05) is 0 Å². The minimum atomic E-state index is -2.54. The lowest BCUT2D eigenvalue weighted by Gasteiger charge is -1.96. The summed E-state index contributed by atoms with van der Waals surface area (Å²) in [5, 5.41) is 9.03. The molecule has 0 aliphatic carbocycles. The second-order valence-corrected chi connectivity index (χ2v) is 3.26. The maximum atomic E-state index is 10.4. The van der Waals surface area contributed by atoms with Crippen LogP contribution in [0.4, 0.5) is 0 Å². The molecule has 11 heavy (non-hydrogen) atoms. The molecule has 0 spiro atoms. The molecular weight excluding hydrogens is 164 g/mol. The van der Waals surface area contributed by atoms with Crippen LogP contribution in [0, 0.1) is 6.92 Å². The molecule has 0 aliphatic rings. The highest BCUT2D eigenvalue weighted by molar-refractivity contribution is 7.72. The average Bonchev–Trinajstić information content (AvgIpc) is 1.94. The molecule has 0 aromatic heterocycles. The van der Waals surface area contributed by atoms with Crippen LogP contribution >= 0.6 is 0 Å². The molecule has 0 saturated heterocycles. The van der Waals surface area contributed by atoms with E-state index in [0.717, 1.165) is 0 Å². The third-order valence-corrected chi connectivity index (χ3v) is 2.09. The van der Waals surface area contributed by atoms with E-state index in [-0.39, 0.29) is 10.6 Å². The average molecular weight is 172 g/mol. The molecule has 1 aromatic rings. The molecule has 1 aromatic carbocycles. The van der Waals surface area contributed by atoms with Crippen LogP contribution in [0.3, 0.4) is 0 Å². The second-order valence-electron chi connectivity index (χ2n) is 2.23. The molecule has 1 rings (SSSR count). The molecule has 0 heterocycles. The molecular formula is C7H8O3S. The first kappa shape index (κ1) is 8.07. The van der Waals surface area contributed by atoms with Crippen molar-refractivity contribution in [2.24, 2.45) is 0 Å². The number of phenolic OH excluding ortho intramolecular Hbond substituents is 1.